The minimum Gasteiger partial charge on any atom is -0.484 e. The largest absolute Gasteiger partial charge is 0.484 e. The predicted octanol–water partition coefficient (Wildman–Crippen LogP) is 2.13. The van der Waals surface area contributed by atoms with Crippen LogP contribution < -0.4 is 15.2 Å². The van der Waals surface area contributed by atoms with Crippen molar-refractivity contribution in [1.29, 1.82) is 0 Å². The molecule has 3 N–H and O–H groups in total. The number of nitrogens with two attached hydrogens (primary N) is 1. The number of hydrogen-bond acceptors (Lipinski definition) is 6. The van der Waals surface area contributed by atoms with E-state index in [4.69, 9.17) is 9.88 Å². The molecule has 2 amide bonds. The van der Waals surface area contributed by atoms with E-state index in [2.05, 4.69) is 10.3 Å². The molecule has 0 fully saturated rings. The van der Waals surface area contributed by atoms with Crippen LogP contribution in [0, 0.1) is 0 Å². The van der Waals surface area contributed by atoms with Crippen molar-refractivity contribution in [3.63, 3.8) is 0 Å². The van der Waals surface area contributed by atoms with Gasteiger partial charge in [-0.2, -0.15) is 0 Å². The number of amides is 2. The Labute approximate surface area is 198 Å². The highest BCUT2D eigenvalue weighted by atomic mass is 32.2. The van der Waals surface area contributed by atoms with Crippen LogP contribution >= 0.6 is 0 Å². The first-order valence-corrected chi connectivity index (χ1v) is 12.4. The van der Waals surface area contributed by atoms with Gasteiger partial charge in [0.2, 0.25) is 15.9 Å². The van der Waals surface area contributed by atoms with Crippen molar-refractivity contribution in [3.8, 4) is 5.75 Å². The molecule has 1 heterocycles. The number of ether oxygens (including phenoxy) is 1. The van der Waals surface area contributed by atoms with Gasteiger partial charge < -0.3 is 19.5 Å². The molecule has 0 saturated heterocycles. The van der Waals surface area contributed by atoms with Gasteiger partial charge in [0.25, 0.3) is 5.91 Å². The number of carbonyl (C=O) groups excluding carboxylic acids is 2. The van der Waals surface area contributed by atoms with Crippen molar-refractivity contribution < 1.29 is 22.7 Å². The minimum atomic E-state index is -3.83. The molecule has 0 aliphatic carbocycles. The van der Waals surface area contributed by atoms with Gasteiger partial charge >= 0.3 is 0 Å². The van der Waals surface area contributed by atoms with E-state index in [0.717, 1.165) is 11.9 Å². The molecule has 0 saturated carbocycles. The number of nitrogens with one attached hydrogen (secondary N) is 1. The molecule has 0 spiro atoms. The third-order valence-corrected chi connectivity index (χ3v) is 6.06. The first kappa shape index (κ1) is 25.2. The van der Waals surface area contributed by atoms with Gasteiger partial charge in [0.15, 0.2) is 6.61 Å². The number of benzene rings is 2. The summed E-state index contributed by atoms with van der Waals surface area (Å²) in [7, 11) is -0.514. The van der Waals surface area contributed by atoms with Crippen LogP contribution in [0.25, 0.3) is 11.0 Å². The molecular formula is C23H29N5O5S. The Morgan fingerprint density at radius 3 is 2.47 bits per heavy atom. The molecule has 10 nitrogen and oxygen atoms in total. The van der Waals surface area contributed by atoms with Crippen LogP contribution in [-0.4, -0.2) is 55.4 Å². The summed E-state index contributed by atoms with van der Waals surface area (Å²) < 4.78 is 30.7. The normalized spacial score (nSPS) is 11.4. The van der Waals surface area contributed by atoms with E-state index in [-0.39, 0.29) is 29.7 Å². The smallest absolute Gasteiger partial charge is 0.259 e. The fourth-order valence-electron chi connectivity index (χ4n) is 3.36. The van der Waals surface area contributed by atoms with Gasteiger partial charge in [-0.25, -0.2) is 18.5 Å². The summed E-state index contributed by atoms with van der Waals surface area (Å²) >= 11 is 0. The average molecular weight is 488 g/mol. The summed E-state index contributed by atoms with van der Waals surface area (Å²) in [5.74, 6) is 0.900. The summed E-state index contributed by atoms with van der Waals surface area (Å²) in [4.78, 5) is 30.1. The maximum absolute atomic E-state index is 12.5. The summed E-state index contributed by atoms with van der Waals surface area (Å²) in [6.07, 6.45) is 1.44. The number of hydrogen-bond donors (Lipinski definition) is 2. The van der Waals surface area contributed by atoms with Crippen LogP contribution in [0.4, 0.5) is 5.69 Å². The number of primary sulfonamides is 1. The summed E-state index contributed by atoms with van der Waals surface area (Å²) in [6.45, 7) is 2.67. The molecule has 0 radical (unpaired) electrons. The first-order valence-electron chi connectivity index (χ1n) is 10.8. The van der Waals surface area contributed by atoms with E-state index >= 15 is 0 Å². The van der Waals surface area contributed by atoms with Crippen LogP contribution in [0.5, 0.6) is 5.75 Å². The lowest BCUT2D eigenvalue weighted by molar-refractivity contribution is -0.130. The molecule has 0 bridgehead atoms. The van der Waals surface area contributed by atoms with Gasteiger partial charge in [-0.3, -0.25) is 9.59 Å². The van der Waals surface area contributed by atoms with E-state index in [1.165, 1.54) is 17.0 Å². The second-order valence-corrected chi connectivity index (χ2v) is 9.59. The van der Waals surface area contributed by atoms with E-state index in [9.17, 15) is 18.0 Å². The van der Waals surface area contributed by atoms with E-state index in [0.29, 0.717) is 35.7 Å². The molecule has 0 aliphatic heterocycles. The molecule has 0 aliphatic rings. The van der Waals surface area contributed by atoms with Gasteiger partial charge in [-0.05, 0) is 48.9 Å². The number of sulfonamides is 1. The van der Waals surface area contributed by atoms with Gasteiger partial charge in [-0.15, -0.1) is 0 Å². The number of aryl methyl sites for hydroxylation is 2. The van der Waals surface area contributed by atoms with Gasteiger partial charge in [-0.1, -0.05) is 6.92 Å². The lowest BCUT2D eigenvalue weighted by atomic mass is 10.2. The quantitative estimate of drug-likeness (QED) is 0.450. The molecule has 182 valence electrons. The van der Waals surface area contributed by atoms with Crippen molar-refractivity contribution >= 4 is 38.6 Å². The van der Waals surface area contributed by atoms with Crippen molar-refractivity contribution in [2.45, 2.75) is 37.6 Å². The van der Waals surface area contributed by atoms with Crippen molar-refractivity contribution in [3.05, 3.63) is 48.3 Å². The number of fused-ring (bicyclic) bond motifs is 1. The van der Waals surface area contributed by atoms with Gasteiger partial charge in [0.05, 0.1) is 15.9 Å². The number of anilines is 1. The lowest BCUT2D eigenvalue weighted by Crippen LogP contribution is -2.27. The highest BCUT2D eigenvalue weighted by Gasteiger charge is 2.15. The molecule has 0 unspecified atom stereocenters. The van der Waals surface area contributed by atoms with E-state index < -0.39 is 10.0 Å². The third-order valence-electron chi connectivity index (χ3n) is 5.15. The molecule has 1 aromatic heterocycles. The summed E-state index contributed by atoms with van der Waals surface area (Å²) in [6, 6.07) is 11.4. The fraction of sp³-hybridized carbons (Fsp3) is 0.348. The SMILES string of the molecule is CCCn1c(CCC(=O)Nc2ccc(OCC(=O)N(C)C)cc2)nc2cc(S(N)(=O)=O)ccc21. The number of rotatable bonds is 10. The van der Waals surface area contributed by atoms with Gasteiger partial charge in [0, 0.05) is 39.2 Å². The Bertz CT molecular complexity index is 1280. The van der Waals surface area contributed by atoms with Crippen molar-refractivity contribution in [1.82, 2.24) is 14.5 Å². The summed E-state index contributed by atoms with van der Waals surface area (Å²) in [5.41, 5.74) is 1.93. The van der Waals surface area contributed by atoms with E-state index in [1.807, 2.05) is 11.5 Å². The van der Waals surface area contributed by atoms with Crippen LogP contribution in [0.3, 0.4) is 0 Å². The van der Waals surface area contributed by atoms with Crippen LogP contribution in [0.15, 0.2) is 47.4 Å². The number of likely N-dealkylation sites (N-methyl/N-ethyl adjacent to an activating group) is 1. The van der Waals surface area contributed by atoms with Crippen LogP contribution in [0.1, 0.15) is 25.6 Å². The Balaban J connectivity index is 1.64. The highest BCUT2D eigenvalue weighted by molar-refractivity contribution is 7.89. The molecule has 3 aromatic rings. The maximum Gasteiger partial charge on any atom is 0.259 e. The number of carbonyl (C=O) groups is 2. The standard InChI is InChI=1S/C23H29N5O5S/c1-4-13-28-20-10-9-18(34(24,31)32)14-19(20)26-21(28)11-12-22(29)25-16-5-7-17(8-6-16)33-15-23(30)27(2)3/h5-10,14H,4,11-13,15H2,1-3H3,(H,25,29)(H2,24,31,32). The van der Waals surface area contributed by atoms with Crippen LogP contribution in [-0.2, 0) is 32.6 Å². The zero-order valence-corrected chi connectivity index (χ0v) is 20.3. The molecule has 0 atom stereocenters. The molecule has 3 rings (SSSR count). The molecule has 34 heavy (non-hydrogen) atoms. The Morgan fingerprint density at radius 2 is 1.85 bits per heavy atom. The molecule has 2 aromatic carbocycles. The van der Waals surface area contributed by atoms with Crippen molar-refractivity contribution in [2.75, 3.05) is 26.0 Å². The van der Waals surface area contributed by atoms with Gasteiger partial charge in [0.1, 0.15) is 11.6 Å². The predicted molar refractivity (Wildman–Crippen MR) is 129 cm³/mol. The monoisotopic (exact) mass is 487 g/mol. The summed E-state index contributed by atoms with van der Waals surface area (Å²) in [5, 5.41) is 8.07. The molecule has 11 heteroatoms. The van der Waals surface area contributed by atoms with Crippen LogP contribution in [0.2, 0.25) is 0 Å². The lowest BCUT2D eigenvalue weighted by Gasteiger charge is -2.12. The Morgan fingerprint density at radius 1 is 1.15 bits per heavy atom. The molecular weight excluding hydrogens is 458 g/mol. The second-order valence-electron chi connectivity index (χ2n) is 8.02. The second kappa shape index (κ2) is 10.7. The Kier molecular flexibility index (Phi) is 7.90. The zero-order valence-electron chi connectivity index (χ0n) is 19.4. The maximum atomic E-state index is 12.5. The minimum absolute atomic E-state index is 0.00366. The zero-order chi connectivity index (χ0) is 24.9. The number of nitrogens with zero attached hydrogens (tertiary/aromatic N) is 3. The highest BCUT2D eigenvalue weighted by Crippen LogP contribution is 2.22. The van der Waals surface area contributed by atoms with E-state index in [1.54, 1.807) is 44.4 Å². The Hall–Kier alpha value is -3.44. The van der Waals surface area contributed by atoms with Crippen molar-refractivity contribution in [2.24, 2.45) is 5.14 Å². The number of aromatic nitrogens is 2. The third kappa shape index (κ3) is 6.33. The fourth-order valence-corrected chi connectivity index (χ4v) is 3.89. The first-order chi connectivity index (χ1) is 16.1. The average Bonchev–Trinajstić information content (AvgIpc) is 3.13. The topological polar surface area (TPSA) is 137 Å². The number of imidazole rings is 1.